The van der Waals surface area contributed by atoms with Crippen LogP contribution in [0.25, 0.3) is 6.08 Å². The number of Topliss-reactive ketones (excluding diaryl/α,β-unsaturated/α-hetero) is 1. The molecule has 0 amide bonds. The first kappa shape index (κ1) is 11.6. The van der Waals surface area contributed by atoms with Gasteiger partial charge < -0.3 is 4.42 Å². The van der Waals surface area contributed by atoms with Gasteiger partial charge in [-0.15, -0.1) is 0 Å². The highest BCUT2D eigenvalue weighted by Crippen LogP contribution is 2.33. The summed E-state index contributed by atoms with van der Waals surface area (Å²) in [6, 6.07) is 3.44. The van der Waals surface area contributed by atoms with Crippen molar-refractivity contribution in [2.45, 2.75) is 31.7 Å². The lowest BCUT2D eigenvalue weighted by Gasteiger charge is -2.26. The molecule has 5 nitrogen and oxygen atoms in total. The van der Waals surface area contributed by atoms with Crippen LogP contribution in [-0.4, -0.2) is 16.2 Å². The SMILES string of the molecule is CC1([N+](=O)[O-])CCC(=O)C(=Cc2ccco2)C1. The zero-order valence-corrected chi connectivity index (χ0v) is 9.51. The van der Waals surface area contributed by atoms with Gasteiger partial charge in [0.2, 0.25) is 5.54 Å². The molecule has 17 heavy (non-hydrogen) atoms. The zero-order chi connectivity index (χ0) is 12.5. The van der Waals surface area contributed by atoms with Crippen LogP contribution in [0.1, 0.15) is 31.9 Å². The molecule has 1 unspecified atom stereocenters. The maximum Gasteiger partial charge on any atom is 0.224 e. The van der Waals surface area contributed by atoms with Crippen molar-refractivity contribution in [1.29, 1.82) is 0 Å². The average molecular weight is 235 g/mol. The van der Waals surface area contributed by atoms with Crippen molar-refractivity contribution in [1.82, 2.24) is 0 Å². The van der Waals surface area contributed by atoms with Crippen LogP contribution in [-0.2, 0) is 4.79 Å². The molecule has 2 rings (SSSR count). The molecule has 1 aliphatic carbocycles. The molecule has 0 radical (unpaired) electrons. The molecule has 0 aromatic carbocycles. The predicted molar refractivity (Wildman–Crippen MR) is 60.9 cm³/mol. The zero-order valence-electron chi connectivity index (χ0n) is 9.51. The highest BCUT2D eigenvalue weighted by molar-refractivity contribution is 6.00. The van der Waals surface area contributed by atoms with Crippen LogP contribution in [0.15, 0.2) is 28.4 Å². The molecule has 1 aliphatic rings. The van der Waals surface area contributed by atoms with Crippen LogP contribution in [0.2, 0.25) is 0 Å². The highest BCUT2D eigenvalue weighted by Gasteiger charge is 2.43. The number of carbonyl (C=O) groups is 1. The number of hydrogen-bond acceptors (Lipinski definition) is 4. The summed E-state index contributed by atoms with van der Waals surface area (Å²) < 4.78 is 5.11. The van der Waals surface area contributed by atoms with E-state index < -0.39 is 5.54 Å². The lowest BCUT2D eigenvalue weighted by Crippen LogP contribution is -2.40. The standard InChI is InChI=1S/C12H13NO4/c1-12(13(15)16)5-4-11(14)9(8-12)7-10-3-2-6-17-10/h2-3,6-7H,4-5,8H2,1H3. The number of nitro groups is 1. The van der Waals surface area contributed by atoms with Crippen LogP contribution < -0.4 is 0 Å². The van der Waals surface area contributed by atoms with Crippen molar-refractivity contribution in [2.24, 2.45) is 0 Å². The third-order valence-corrected chi connectivity index (χ3v) is 3.12. The first-order chi connectivity index (χ1) is 8.01. The van der Waals surface area contributed by atoms with Gasteiger partial charge >= 0.3 is 0 Å². The summed E-state index contributed by atoms with van der Waals surface area (Å²) in [5.74, 6) is 0.529. The minimum Gasteiger partial charge on any atom is -0.465 e. The van der Waals surface area contributed by atoms with E-state index >= 15 is 0 Å². The Bertz CT molecular complexity index is 475. The molecule has 0 N–H and O–H groups in total. The quantitative estimate of drug-likeness (QED) is 0.448. The minimum atomic E-state index is -1.04. The third kappa shape index (κ3) is 2.27. The topological polar surface area (TPSA) is 73.3 Å². The van der Waals surface area contributed by atoms with Crippen molar-refractivity contribution >= 4 is 11.9 Å². The molecule has 1 saturated carbocycles. The summed E-state index contributed by atoms with van der Waals surface area (Å²) in [5.41, 5.74) is -0.558. The largest absolute Gasteiger partial charge is 0.465 e. The van der Waals surface area contributed by atoms with E-state index in [1.807, 2.05) is 0 Å². The summed E-state index contributed by atoms with van der Waals surface area (Å²) >= 11 is 0. The summed E-state index contributed by atoms with van der Waals surface area (Å²) in [6.45, 7) is 1.58. The molecule has 0 saturated heterocycles. The molecule has 90 valence electrons. The van der Waals surface area contributed by atoms with Crippen LogP contribution in [0.5, 0.6) is 0 Å². The van der Waals surface area contributed by atoms with Gasteiger partial charge in [0.15, 0.2) is 5.78 Å². The Hall–Kier alpha value is -1.91. The van der Waals surface area contributed by atoms with Gasteiger partial charge in [-0.05, 0) is 18.2 Å². The normalized spacial score (nSPS) is 27.4. The smallest absolute Gasteiger partial charge is 0.224 e. The number of hydrogen-bond donors (Lipinski definition) is 0. The van der Waals surface area contributed by atoms with Crippen molar-refractivity contribution < 1.29 is 14.1 Å². The maximum absolute atomic E-state index is 11.7. The minimum absolute atomic E-state index is 0.0271. The number of furan rings is 1. The molecule has 0 aliphatic heterocycles. The van der Waals surface area contributed by atoms with Crippen molar-refractivity contribution in [3.05, 3.63) is 39.8 Å². The number of carbonyl (C=O) groups excluding carboxylic acids is 1. The molecule has 1 atom stereocenters. The fourth-order valence-electron chi connectivity index (χ4n) is 1.97. The highest BCUT2D eigenvalue weighted by atomic mass is 16.6. The van der Waals surface area contributed by atoms with Gasteiger partial charge in [0.1, 0.15) is 5.76 Å². The molecular formula is C12H13NO4. The Morgan fingerprint density at radius 1 is 1.59 bits per heavy atom. The molecule has 1 aromatic heterocycles. The van der Waals surface area contributed by atoms with Crippen LogP contribution in [0.3, 0.4) is 0 Å². The second kappa shape index (κ2) is 4.16. The molecule has 1 heterocycles. The molecule has 0 spiro atoms. The van der Waals surface area contributed by atoms with Gasteiger partial charge in [0.05, 0.1) is 6.26 Å². The van der Waals surface area contributed by atoms with Gasteiger partial charge in [0, 0.05) is 36.7 Å². The molecule has 1 fully saturated rings. The van der Waals surface area contributed by atoms with Crippen molar-refractivity contribution in [3.8, 4) is 0 Å². The first-order valence-electron chi connectivity index (χ1n) is 5.43. The van der Waals surface area contributed by atoms with E-state index in [1.54, 1.807) is 25.1 Å². The van der Waals surface area contributed by atoms with Crippen molar-refractivity contribution in [2.75, 3.05) is 0 Å². The monoisotopic (exact) mass is 235 g/mol. The van der Waals surface area contributed by atoms with E-state index in [0.29, 0.717) is 17.8 Å². The van der Waals surface area contributed by atoms with Gasteiger partial charge in [0.25, 0.3) is 0 Å². The van der Waals surface area contributed by atoms with Gasteiger partial charge in [-0.2, -0.15) is 0 Å². The van der Waals surface area contributed by atoms with E-state index in [0.717, 1.165) is 0 Å². The molecule has 5 heteroatoms. The van der Waals surface area contributed by atoms with Crippen LogP contribution >= 0.6 is 0 Å². The Morgan fingerprint density at radius 2 is 2.35 bits per heavy atom. The molecular weight excluding hydrogens is 222 g/mol. The number of ketones is 1. The fraction of sp³-hybridized carbons (Fsp3) is 0.417. The molecule has 1 aromatic rings. The van der Waals surface area contributed by atoms with Crippen LogP contribution in [0, 0.1) is 10.1 Å². The Balaban J connectivity index is 2.27. The van der Waals surface area contributed by atoms with E-state index in [2.05, 4.69) is 0 Å². The van der Waals surface area contributed by atoms with Gasteiger partial charge in [-0.1, -0.05) is 0 Å². The number of rotatable bonds is 2. The lowest BCUT2D eigenvalue weighted by atomic mass is 9.80. The van der Waals surface area contributed by atoms with E-state index in [9.17, 15) is 14.9 Å². The fourth-order valence-corrected chi connectivity index (χ4v) is 1.97. The van der Waals surface area contributed by atoms with E-state index in [4.69, 9.17) is 4.42 Å². The van der Waals surface area contributed by atoms with Crippen LogP contribution in [0.4, 0.5) is 0 Å². The van der Waals surface area contributed by atoms with Crippen molar-refractivity contribution in [3.63, 3.8) is 0 Å². The first-order valence-corrected chi connectivity index (χ1v) is 5.43. The predicted octanol–water partition coefficient (Wildman–Crippen LogP) is 2.45. The van der Waals surface area contributed by atoms with Gasteiger partial charge in [-0.25, -0.2) is 0 Å². The lowest BCUT2D eigenvalue weighted by molar-refractivity contribution is -0.566. The summed E-state index contributed by atoms with van der Waals surface area (Å²) in [5, 5.41) is 11.0. The summed E-state index contributed by atoms with van der Waals surface area (Å²) in [4.78, 5) is 22.4. The Kier molecular flexibility index (Phi) is 2.83. The van der Waals surface area contributed by atoms with E-state index in [-0.39, 0.29) is 23.5 Å². The van der Waals surface area contributed by atoms with Gasteiger partial charge in [-0.3, -0.25) is 14.9 Å². The molecule has 0 bridgehead atoms. The summed E-state index contributed by atoms with van der Waals surface area (Å²) in [7, 11) is 0. The number of nitrogens with zero attached hydrogens (tertiary/aromatic N) is 1. The summed E-state index contributed by atoms with van der Waals surface area (Å²) in [6.07, 6.45) is 3.80. The second-order valence-electron chi connectivity index (χ2n) is 4.54. The Morgan fingerprint density at radius 3 is 2.94 bits per heavy atom. The Labute approximate surface area is 98.3 Å². The van der Waals surface area contributed by atoms with E-state index in [1.165, 1.54) is 6.26 Å². The average Bonchev–Trinajstić information content (AvgIpc) is 2.76. The maximum atomic E-state index is 11.7. The third-order valence-electron chi connectivity index (χ3n) is 3.12. The second-order valence-corrected chi connectivity index (χ2v) is 4.54.